The molecule has 0 aromatic rings. The smallest absolute Gasteiger partial charge is 0.220 e. The van der Waals surface area contributed by atoms with E-state index in [2.05, 4.69) is 17.6 Å². The molecule has 0 unspecified atom stereocenters. The van der Waals surface area contributed by atoms with E-state index in [0.717, 1.165) is 45.6 Å². The summed E-state index contributed by atoms with van der Waals surface area (Å²) in [6.45, 7) is 5.26. The number of amides is 1. The van der Waals surface area contributed by atoms with Crippen LogP contribution >= 0.6 is 0 Å². The van der Waals surface area contributed by atoms with Crippen molar-refractivity contribution in [2.75, 3.05) is 33.4 Å². The van der Waals surface area contributed by atoms with Crippen LogP contribution < -0.4 is 10.6 Å². The number of rotatable bonds is 10. The second-order valence-corrected chi connectivity index (χ2v) is 3.52. The fourth-order valence-electron chi connectivity index (χ4n) is 1.16. The molecule has 90 valence electrons. The molecule has 0 fully saturated rings. The summed E-state index contributed by atoms with van der Waals surface area (Å²) in [7, 11) is 1.89. The van der Waals surface area contributed by atoms with E-state index in [4.69, 9.17) is 4.74 Å². The van der Waals surface area contributed by atoms with Crippen molar-refractivity contribution in [3.8, 4) is 0 Å². The van der Waals surface area contributed by atoms with Gasteiger partial charge in [-0.3, -0.25) is 4.79 Å². The van der Waals surface area contributed by atoms with Crippen molar-refractivity contribution in [2.24, 2.45) is 0 Å². The van der Waals surface area contributed by atoms with Crippen molar-refractivity contribution < 1.29 is 9.53 Å². The monoisotopic (exact) mass is 216 g/mol. The Labute approximate surface area is 92.8 Å². The van der Waals surface area contributed by atoms with E-state index in [1.54, 1.807) is 0 Å². The second-order valence-electron chi connectivity index (χ2n) is 3.52. The van der Waals surface area contributed by atoms with Crippen LogP contribution in [0, 0.1) is 0 Å². The molecule has 0 aliphatic carbocycles. The summed E-state index contributed by atoms with van der Waals surface area (Å²) in [6, 6.07) is 0. The highest BCUT2D eigenvalue weighted by atomic mass is 16.5. The van der Waals surface area contributed by atoms with Gasteiger partial charge >= 0.3 is 0 Å². The summed E-state index contributed by atoms with van der Waals surface area (Å²) in [4.78, 5) is 11.2. The van der Waals surface area contributed by atoms with E-state index in [0.29, 0.717) is 6.42 Å². The first-order valence-corrected chi connectivity index (χ1v) is 5.80. The molecule has 0 atom stereocenters. The van der Waals surface area contributed by atoms with E-state index in [-0.39, 0.29) is 5.91 Å². The van der Waals surface area contributed by atoms with Gasteiger partial charge in [0.1, 0.15) is 0 Å². The van der Waals surface area contributed by atoms with Gasteiger partial charge in [-0.25, -0.2) is 0 Å². The minimum Gasteiger partial charge on any atom is -0.381 e. The summed E-state index contributed by atoms with van der Waals surface area (Å²) >= 11 is 0. The Bertz CT molecular complexity index is 152. The third kappa shape index (κ3) is 11.3. The molecule has 15 heavy (non-hydrogen) atoms. The molecule has 0 aromatic heterocycles. The van der Waals surface area contributed by atoms with Gasteiger partial charge in [0.05, 0.1) is 0 Å². The first kappa shape index (κ1) is 14.4. The van der Waals surface area contributed by atoms with Crippen LogP contribution in [0.1, 0.15) is 32.6 Å². The average molecular weight is 216 g/mol. The molecule has 4 heteroatoms. The zero-order chi connectivity index (χ0) is 11.4. The first-order chi connectivity index (χ1) is 7.31. The van der Waals surface area contributed by atoms with Crippen molar-refractivity contribution in [1.29, 1.82) is 0 Å². The van der Waals surface area contributed by atoms with Crippen LogP contribution in [0.4, 0.5) is 0 Å². The Hall–Kier alpha value is -0.610. The third-order valence-electron chi connectivity index (χ3n) is 1.97. The minimum atomic E-state index is 0.140. The van der Waals surface area contributed by atoms with E-state index < -0.39 is 0 Å². The Balaban J connectivity index is 3.10. The predicted molar refractivity (Wildman–Crippen MR) is 61.9 cm³/mol. The summed E-state index contributed by atoms with van der Waals surface area (Å²) in [6.07, 6.45) is 3.46. The molecule has 1 amide bonds. The van der Waals surface area contributed by atoms with Crippen molar-refractivity contribution >= 4 is 5.91 Å². The Morgan fingerprint density at radius 3 is 2.67 bits per heavy atom. The van der Waals surface area contributed by atoms with Gasteiger partial charge < -0.3 is 15.4 Å². The lowest BCUT2D eigenvalue weighted by Gasteiger charge is -2.05. The number of nitrogens with one attached hydrogen (secondary N) is 2. The molecule has 2 N–H and O–H groups in total. The Morgan fingerprint density at radius 2 is 2.00 bits per heavy atom. The maximum atomic E-state index is 11.2. The highest BCUT2D eigenvalue weighted by molar-refractivity contribution is 5.75. The highest BCUT2D eigenvalue weighted by Gasteiger charge is 1.98. The Kier molecular flexibility index (Phi) is 11.0. The summed E-state index contributed by atoms with van der Waals surface area (Å²) in [5, 5.41) is 5.89. The lowest BCUT2D eigenvalue weighted by molar-refractivity contribution is -0.121. The maximum Gasteiger partial charge on any atom is 0.220 e. The van der Waals surface area contributed by atoms with Crippen LogP contribution in [-0.4, -0.2) is 39.3 Å². The molecule has 0 bridgehead atoms. The quantitative estimate of drug-likeness (QED) is 0.534. The van der Waals surface area contributed by atoms with E-state index in [1.165, 1.54) is 0 Å². The van der Waals surface area contributed by atoms with Crippen LogP contribution in [0.3, 0.4) is 0 Å². The number of carbonyl (C=O) groups is 1. The van der Waals surface area contributed by atoms with Crippen LogP contribution in [0.5, 0.6) is 0 Å². The standard InChI is InChI=1S/C11H24N2O2/c1-3-9-15-10-5-8-13-11(14)6-4-7-12-2/h12H,3-10H2,1-2H3,(H,13,14). The fourth-order valence-corrected chi connectivity index (χ4v) is 1.16. The molecule has 0 aliphatic heterocycles. The van der Waals surface area contributed by atoms with Crippen LogP contribution in [-0.2, 0) is 9.53 Å². The number of hydrogen-bond acceptors (Lipinski definition) is 3. The van der Waals surface area contributed by atoms with Crippen molar-refractivity contribution in [1.82, 2.24) is 10.6 Å². The largest absolute Gasteiger partial charge is 0.381 e. The molecule has 0 aliphatic rings. The van der Waals surface area contributed by atoms with Gasteiger partial charge in [0.25, 0.3) is 0 Å². The summed E-state index contributed by atoms with van der Waals surface area (Å²) < 4.78 is 5.30. The van der Waals surface area contributed by atoms with Crippen molar-refractivity contribution in [3.05, 3.63) is 0 Å². The molecule has 0 radical (unpaired) electrons. The lowest BCUT2D eigenvalue weighted by atomic mass is 10.3. The normalized spacial score (nSPS) is 10.3. The number of hydrogen-bond donors (Lipinski definition) is 2. The lowest BCUT2D eigenvalue weighted by Crippen LogP contribution is -2.25. The molecule has 4 nitrogen and oxygen atoms in total. The maximum absolute atomic E-state index is 11.2. The highest BCUT2D eigenvalue weighted by Crippen LogP contribution is 1.88. The SMILES string of the molecule is CCCOCCCNC(=O)CCCNC. The van der Waals surface area contributed by atoms with E-state index in [1.807, 2.05) is 7.05 Å². The van der Waals surface area contributed by atoms with Crippen LogP contribution in [0.15, 0.2) is 0 Å². The van der Waals surface area contributed by atoms with E-state index in [9.17, 15) is 4.79 Å². The molecule has 0 rings (SSSR count). The molecule has 0 aromatic carbocycles. The van der Waals surface area contributed by atoms with Gasteiger partial charge in [0.2, 0.25) is 5.91 Å². The minimum absolute atomic E-state index is 0.140. The van der Waals surface area contributed by atoms with Crippen LogP contribution in [0.2, 0.25) is 0 Å². The topological polar surface area (TPSA) is 50.4 Å². The van der Waals surface area contributed by atoms with Gasteiger partial charge in [-0.05, 0) is 32.9 Å². The zero-order valence-corrected chi connectivity index (χ0v) is 9.97. The van der Waals surface area contributed by atoms with Gasteiger partial charge in [-0.2, -0.15) is 0 Å². The van der Waals surface area contributed by atoms with E-state index >= 15 is 0 Å². The van der Waals surface area contributed by atoms with Gasteiger partial charge in [-0.15, -0.1) is 0 Å². The van der Waals surface area contributed by atoms with Crippen molar-refractivity contribution in [3.63, 3.8) is 0 Å². The molecule has 0 spiro atoms. The van der Waals surface area contributed by atoms with Crippen molar-refractivity contribution in [2.45, 2.75) is 32.6 Å². The fraction of sp³-hybridized carbons (Fsp3) is 0.909. The molecule has 0 heterocycles. The first-order valence-electron chi connectivity index (χ1n) is 5.80. The van der Waals surface area contributed by atoms with Gasteiger partial charge in [-0.1, -0.05) is 6.92 Å². The van der Waals surface area contributed by atoms with Gasteiger partial charge in [0, 0.05) is 26.2 Å². The zero-order valence-electron chi connectivity index (χ0n) is 9.97. The molecular weight excluding hydrogens is 192 g/mol. The third-order valence-corrected chi connectivity index (χ3v) is 1.97. The summed E-state index contributed by atoms with van der Waals surface area (Å²) in [5.74, 6) is 0.140. The predicted octanol–water partition coefficient (Wildman–Crippen LogP) is 0.919. The molecule has 0 saturated heterocycles. The van der Waals surface area contributed by atoms with Gasteiger partial charge in [0.15, 0.2) is 0 Å². The van der Waals surface area contributed by atoms with Crippen LogP contribution in [0.25, 0.3) is 0 Å². The number of carbonyl (C=O) groups excluding carboxylic acids is 1. The summed E-state index contributed by atoms with van der Waals surface area (Å²) in [5.41, 5.74) is 0. The average Bonchev–Trinajstić information content (AvgIpc) is 2.23. The molecular formula is C11H24N2O2. The Morgan fingerprint density at radius 1 is 1.20 bits per heavy atom. The second kappa shape index (κ2) is 11.5. The number of ether oxygens (including phenoxy) is 1. The molecule has 0 saturated carbocycles.